The molecule has 116 valence electrons. The molecule has 22 heavy (non-hydrogen) atoms. The Balaban J connectivity index is 2.06. The molecule has 1 aliphatic heterocycles. The first-order valence-corrected chi connectivity index (χ1v) is 8.35. The van der Waals surface area contributed by atoms with Gasteiger partial charge in [-0.05, 0) is 42.7 Å². The quantitative estimate of drug-likeness (QED) is 0.889. The Hall–Kier alpha value is -1.52. The molecule has 0 fully saturated rings. The third-order valence-corrected chi connectivity index (χ3v) is 4.54. The van der Waals surface area contributed by atoms with Crippen molar-refractivity contribution in [1.82, 2.24) is 5.32 Å². The first kappa shape index (κ1) is 15.4. The molecule has 1 N–H and O–H groups in total. The summed E-state index contributed by atoms with van der Waals surface area (Å²) < 4.78 is 12.4. The van der Waals surface area contributed by atoms with Crippen LogP contribution in [0.1, 0.15) is 29.7 Å². The van der Waals surface area contributed by atoms with Crippen LogP contribution in [0, 0.1) is 0 Å². The average Bonchev–Trinajstić information content (AvgIpc) is 2.55. The second-order valence-corrected chi connectivity index (χ2v) is 6.20. The topological polar surface area (TPSA) is 30.5 Å². The van der Waals surface area contributed by atoms with Crippen LogP contribution in [0.3, 0.4) is 0 Å². The molecule has 1 heterocycles. The Kier molecular flexibility index (Phi) is 4.69. The van der Waals surface area contributed by atoms with Gasteiger partial charge in [0.25, 0.3) is 0 Å². The van der Waals surface area contributed by atoms with Crippen molar-refractivity contribution in [2.75, 3.05) is 20.3 Å². The lowest BCUT2D eigenvalue weighted by molar-refractivity contribution is 0.305. The van der Waals surface area contributed by atoms with E-state index < -0.39 is 0 Å². The lowest BCUT2D eigenvalue weighted by Gasteiger charge is -2.29. The number of benzene rings is 2. The molecule has 1 unspecified atom stereocenters. The van der Waals surface area contributed by atoms with E-state index in [1.807, 2.05) is 13.0 Å². The number of hydrogen-bond acceptors (Lipinski definition) is 3. The first-order valence-electron chi connectivity index (χ1n) is 7.56. The molecule has 4 heteroatoms. The highest BCUT2D eigenvalue weighted by molar-refractivity contribution is 9.10. The first-order chi connectivity index (χ1) is 10.7. The molecular weight excluding hydrogens is 342 g/mol. The van der Waals surface area contributed by atoms with Crippen molar-refractivity contribution in [2.45, 2.75) is 19.4 Å². The molecule has 1 aliphatic rings. The van der Waals surface area contributed by atoms with E-state index in [0.717, 1.165) is 28.9 Å². The average molecular weight is 362 g/mol. The van der Waals surface area contributed by atoms with Gasteiger partial charge in [-0.25, -0.2) is 0 Å². The molecule has 0 bridgehead atoms. The predicted octanol–water partition coefficient (Wildman–Crippen LogP) is 4.09. The zero-order valence-electron chi connectivity index (χ0n) is 12.9. The Morgan fingerprint density at radius 1 is 1.18 bits per heavy atom. The second kappa shape index (κ2) is 6.71. The monoisotopic (exact) mass is 361 g/mol. The molecule has 3 rings (SSSR count). The maximum Gasteiger partial charge on any atom is 0.164 e. The van der Waals surface area contributed by atoms with Gasteiger partial charge in [0.15, 0.2) is 11.5 Å². The van der Waals surface area contributed by atoms with E-state index in [0.29, 0.717) is 6.61 Å². The molecule has 0 saturated carbocycles. The molecular formula is C18H20BrNO2. The van der Waals surface area contributed by atoms with Gasteiger partial charge >= 0.3 is 0 Å². The molecule has 0 saturated heterocycles. The summed E-state index contributed by atoms with van der Waals surface area (Å²) in [4.78, 5) is 0. The van der Waals surface area contributed by atoms with Crippen LogP contribution in [0.5, 0.6) is 11.5 Å². The summed E-state index contributed by atoms with van der Waals surface area (Å²) in [7, 11) is 1.69. The van der Waals surface area contributed by atoms with Crippen molar-refractivity contribution in [3.05, 3.63) is 57.6 Å². The lowest BCUT2D eigenvalue weighted by atomic mass is 9.89. The van der Waals surface area contributed by atoms with Crippen molar-refractivity contribution in [3.63, 3.8) is 0 Å². The maximum atomic E-state index is 5.87. The van der Waals surface area contributed by atoms with Crippen molar-refractivity contribution in [1.29, 1.82) is 0 Å². The van der Waals surface area contributed by atoms with E-state index in [4.69, 9.17) is 9.47 Å². The fourth-order valence-electron chi connectivity index (χ4n) is 3.02. The van der Waals surface area contributed by atoms with Crippen LogP contribution in [0.15, 0.2) is 40.9 Å². The zero-order chi connectivity index (χ0) is 15.5. The summed E-state index contributed by atoms with van der Waals surface area (Å²) in [5.74, 6) is 1.71. The summed E-state index contributed by atoms with van der Waals surface area (Å²) in [6, 6.07) is 12.8. The Bertz CT molecular complexity index is 655. The standard InChI is InChI=1S/C18H20BrNO2/c1-3-22-18-15-10-11-20-17(12-4-6-13(19)7-5-12)14(15)8-9-16(18)21-2/h4-9,17,20H,3,10-11H2,1-2H3. The van der Waals surface area contributed by atoms with E-state index in [-0.39, 0.29) is 6.04 Å². The highest BCUT2D eigenvalue weighted by atomic mass is 79.9. The number of rotatable bonds is 4. The number of halogens is 1. The molecule has 3 nitrogen and oxygen atoms in total. The van der Waals surface area contributed by atoms with Crippen LogP contribution in [0.4, 0.5) is 0 Å². The van der Waals surface area contributed by atoms with Crippen LogP contribution >= 0.6 is 15.9 Å². The van der Waals surface area contributed by atoms with Crippen LogP contribution in [-0.2, 0) is 6.42 Å². The third-order valence-electron chi connectivity index (χ3n) is 4.01. The SMILES string of the molecule is CCOc1c(OC)ccc2c1CCNC2c1ccc(Br)cc1. The molecule has 0 spiro atoms. The largest absolute Gasteiger partial charge is 0.493 e. The molecule has 2 aromatic carbocycles. The van der Waals surface area contributed by atoms with Gasteiger partial charge in [-0.15, -0.1) is 0 Å². The van der Waals surface area contributed by atoms with Gasteiger partial charge in [-0.3, -0.25) is 0 Å². The summed E-state index contributed by atoms with van der Waals surface area (Å²) in [6.07, 6.45) is 0.953. The third kappa shape index (κ3) is 2.85. The van der Waals surface area contributed by atoms with Gasteiger partial charge in [0.1, 0.15) is 0 Å². The minimum absolute atomic E-state index is 0.196. The van der Waals surface area contributed by atoms with Gasteiger partial charge < -0.3 is 14.8 Å². The van der Waals surface area contributed by atoms with Gasteiger partial charge in [-0.1, -0.05) is 34.1 Å². The number of methoxy groups -OCH3 is 1. The van der Waals surface area contributed by atoms with Gasteiger partial charge in [0, 0.05) is 16.6 Å². The molecule has 2 aromatic rings. The smallest absolute Gasteiger partial charge is 0.164 e. The van der Waals surface area contributed by atoms with Crippen molar-refractivity contribution in [3.8, 4) is 11.5 Å². The Morgan fingerprint density at radius 3 is 2.64 bits per heavy atom. The molecule has 0 amide bonds. The van der Waals surface area contributed by atoms with E-state index in [2.05, 4.69) is 51.6 Å². The number of ether oxygens (including phenoxy) is 2. The van der Waals surface area contributed by atoms with E-state index in [1.165, 1.54) is 16.7 Å². The molecule has 0 aliphatic carbocycles. The van der Waals surface area contributed by atoms with Crippen LogP contribution in [0.25, 0.3) is 0 Å². The molecule has 1 atom stereocenters. The zero-order valence-corrected chi connectivity index (χ0v) is 14.4. The number of hydrogen-bond donors (Lipinski definition) is 1. The molecule has 0 aromatic heterocycles. The highest BCUT2D eigenvalue weighted by Crippen LogP contribution is 2.40. The summed E-state index contributed by atoms with van der Waals surface area (Å²) in [6.45, 7) is 3.58. The highest BCUT2D eigenvalue weighted by Gasteiger charge is 2.25. The summed E-state index contributed by atoms with van der Waals surface area (Å²) >= 11 is 3.50. The lowest BCUT2D eigenvalue weighted by Crippen LogP contribution is -2.31. The van der Waals surface area contributed by atoms with Gasteiger partial charge in [-0.2, -0.15) is 0 Å². The predicted molar refractivity (Wildman–Crippen MR) is 91.9 cm³/mol. The summed E-state index contributed by atoms with van der Waals surface area (Å²) in [5, 5.41) is 3.61. The Labute approximate surface area is 139 Å². The fourth-order valence-corrected chi connectivity index (χ4v) is 3.28. The van der Waals surface area contributed by atoms with Crippen molar-refractivity contribution >= 4 is 15.9 Å². The van der Waals surface area contributed by atoms with Gasteiger partial charge in [0.2, 0.25) is 0 Å². The van der Waals surface area contributed by atoms with Gasteiger partial charge in [0.05, 0.1) is 19.8 Å². The van der Waals surface area contributed by atoms with E-state index in [1.54, 1.807) is 7.11 Å². The number of fused-ring (bicyclic) bond motifs is 1. The van der Waals surface area contributed by atoms with Crippen molar-refractivity contribution in [2.24, 2.45) is 0 Å². The van der Waals surface area contributed by atoms with E-state index in [9.17, 15) is 0 Å². The van der Waals surface area contributed by atoms with Crippen LogP contribution in [-0.4, -0.2) is 20.3 Å². The minimum atomic E-state index is 0.196. The fraction of sp³-hybridized carbons (Fsp3) is 0.333. The van der Waals surface area contributed by atoms with Crippen LogP contribution < -0.4 is 14.8 Å². The molecule has 0 radical (unpaired) electrons. The maximum absolute atomic E-state index is 5.87. The number of nitrogens with one attached hydrogen (secondary N) is 1. The minimum Gasteiger partial charge on any atom is -0.493 e. The van der Waals surface area contributed by atoms with Crippen molar-refractivity contribution < 1.29 is 9.47 Å². The van der Waals surface area contributed by atoms with Crippen LogP contribution in [0.2, 0.25) is 0 Å². The Morgan fingerprint density at radius 2 is 1.95 bits per heavy atom. The van der Waals surface area contributed by atoms with E-state index >= 15 is 0 Å². The summed E-state index contributed by atoms with van der Waals surface area (Å²) in [5.41, 5.74) is 3.79. The normalized spacial score (nSPS) is 17.0. The second-order valence-electron chi connectivity index (χ2n) is 5.29.